The monoisotopic (exact) mass is 142 g/mol. The number of aromatic carboxylic acids is 1. The van der Waals surface area contributed by atoms with Gasteiger partial charge in [-0.15, -0.1) is 0 Å². The molecule has 3 N–H and O–H groups in total. The van der Waals surface area contributed by atoms with Crippen LogP contribution in [0.3, 0.4) is 0 Å². The topological polar surface area (TPSA) is 86.2 Å². The quantitative estimate of drug-likeness (QED) is 0.524. The Bertz CT molecular complexity index is 243. The molecule has 0 unspecified atom stereocenters. The van der Waals surface area contributed by atoms with E-state index >= 15 is 0 Å². The van der Waals surface area contributed by atoms with Crippen molar-refractivity contribution in [1.29, 1.82) is 0 Å². The summed E-state index contributed by atoms with van der Waals surface area (Å²) in [5.41, 5.74) is 0.245. The minimum atomic E-state index is -1.09. The number of carboxylic acid groups (broad SMARTS) is 1. The van der Waals surface area contributed by atoms with Gasteiger partial charge in [0.15, 0.2) is 0 Å². The van der Waals surface area contributed by atoms with Crippen LogP contribution in [0.4, 0.5) is 0 Å². The molecule has 1 rings (SSSR count). The molecule has 10 heavy (non-hydrogen) atoms. The highest BCUT2D eigenvalue weighted by molar-refractivity contribution is 5.88. The maximum atomic E-state index is 10.3. The van der Waals surface area contributed by atoms with E-state index in [9.17, 15) is 4.79 Å². The summed E-state index contributed by atoms with van der Waals surface area (Å²) in [6, 6.07) is 0. The lowest BCUT2D eigenvalue weighted by atomic mass is 10.3. The lowest BCUT2D eigenvalue weighted by molar-refractivity contribution is 0.0693. The second-order valence-electron chi connectivity index (χ2n) is 1.73. The molecule has 0 fully saturated rings. The molecular formula is C5H6N2O3. The third-order valence-corrected chi connectivity index (χ3v) is 1.11. The van der Waals surface area contributed by atoms with E-state index in [1.165, 1.54) is 0 Å². The Hall–Kier alpha value is -1.36. The van der Waals surface area contributed by atoms with Gasteiger partial charge in [0, 0.05) is 0 Å². The first kappa shape index (κ1) is 6.76. The Labute approximate surface area is 56.3 Å². The van der Waals surface area contributed by atoms with Gasteiger partial charge in [0.1, 0.15) is 5.56 Å². The number of aromatic nitrogens is 2. The molecule has 5 nitrogen and oxygen atoms in total. The molecule has 5 heteroatoms. The van der Waals surface area contributed by atoms with Gasteiger partial charge in [-0.2, -0.15) is 5.10 Å². The zero-order valence-corrected chi connectivity index (χ0v) is 5.03. The van der Waals surface area contributed by atoms with Crippen molar-refractivity contribution in [3.8, 4) is 0 Å². The van der Waals surface area contributed by atoms with Crippen molar-refractivity contribution in [1.82, 2.24) is 10.2 Å². The Morgan fingerprint density at radius 2 is 2.50 bits per heavy atom. The van der Waals surface area contributed by atoms with Gasteiger partial charge in [0.2, 0.25) is 0 Å². The maximum absolute atomic E-state index is 10.3. The SMILES string of the molecule is O=C(O)c1cn[nH]c1CO. The molecule has 0 saturated heterocycles. The molecule has 0 saturated carbocycles. The highest BCUT2D eigenvalue weighted by Gasteiger charge is 2.09. The van der Waals surface area contributed by atoms with Crippen molar-refractivity contribution in [3.63, 3.8) is 0 Å². The number of rotatable bonds is 2. The van der Waals surface area contributed by atoms with Gasteiger partial charge in [0.05, 0.1) is 18.5 Å². The summed E-state index contributed by atoms with van der Waals surface area (Å²) < 4.78 is 0. The highest BCUT2D eigenvalue weighted by atomic mass is 16.4. The molecule has 0 amide bonds. The number of aromatic amines is 1. The summed E-state index contributed by atoms with van der Waals surface area (Å²) >= 11 is 0. The molecule has 0 spiro atoms. The van der Waals surface area contributed by atoms with E-state index in [1.54, 1.807) is 0 Å². The number of aliphatic hydroxyl groups excluding tert-OH is 1. The lowest BCUT2D eigenvalue weighted by Gasteiger charge is -1.89. The van der Waals surface area contributed by atoms with Crippen molar-refractivity contribution in [2.75, 3.05) is 0 Å². The normalized spacial score (nSPS) is 9.70. The van der Waals surface area contributed by atoms with Gasteiger partial charge in [-0.05, 0) is 0 Å². The number of nitrogens with zero attached hydrogens (tertiary/aromatic N) is 1. The Kier molecular flexibility index (Phi) is 1.68. The third-order valence-electron chi connectivity index (χ3n) is 1.11. The van der Waals surface area contributed by atoms with E-state index in [0.717, 1.165) is 6.20 Å². The highest BCUT2D eigenvalue weighted by Crippen LogP contribution is 2.02. The van der Waals surface area contributed by atoms with Crippen LogP contribution >= 0.6 is 0 Å². The van der Waals surface area contributed by atoms with Gasteiger partial charge in [0.25, 0.3) is 0 Å². The molecule has 0 atom stereocenters. The Morgan fingerprint density at radius 1 is 1.80 bits per heavy atom. The second-order valence-corrected chi connectivity index (χ2v) is 1.73. The largest absolute Gasteiger partial charge is 0.478 e. The van der Waals surface area contributed by atoms with Crippen LogP contribution in [0.15, 0.2) is 6.20 Å². The van der Waals surface area contributed by atoms with Crippen molar-refractivity contribution in [2.24, 2.45) is 0 Å². The summed E-state index contributed by atoms with van der Waals surface area (Å²) in [6.07, 6.45) is 1.16. The van der Waals surface area contributed by atoms with Crippen LogP contribution in [0, 0.1) is 0 Å². The minimum Gasteiger partial charge on any atom is -0.478 e. The average molecular weight is 142 g/mol. The van der Waals surface area contributed by atoms with Gasteiger partial charge in [-0.1, -0.05) is 0 Å². The number of H-pyrrole nitrogens is 1. The number of nitrogens with one attached hydrogen (secondary N) is 1. The fourth-order valence-electron chi connectivity index (χ4n) is 0.618. The van der Waals surface area contributed by atoms with Gasteiger partial charge in [-0.3, -0.25) is 5.10 Å². The van der Waals surface area contributed by atoms with Crippen LogP contribution in [0.25, 0.3) is 0 Å². The molecule has 0 aliphatic carbocycles. The number of hydrogen-bond acceptors (Lipinski definition) is 3. The van der Waals surface area contributed by atoms with Crippen LogP contribution in [0.1, 0.15) is 16.1 Å². The molecule has 1 aromatic rings. The summed E-state index contributed by atoms with van der Waals surface area (Å²) in [4.78, 5) is 10.3. The van der Waals surface area contributed by atoms with Crippen molar-refractivity contribution >= 4 is 5.97 Å². The first-order valence-corrected chi connectivity index (χ1v) is 2.62. The smallest absolute Gasteiger partial charge is 0.339 e. The number of carboxylic acids is 1. The second kappa shape index (κ2) is 2.49. The molecule has 0 bridgehead atoms. The van der Waals surface area contributed by atoms with Crippen molar-refractivity contribution < 1.29 is 15.0 Å². The predicted octanol–water partition coefficient (Wildman–Crippen LogP) is -0.400. The summed E-state index contributed by atoms with van der Waals surface area (Å²) in [5.74, 6) is -1.09. The number of hydrogen-bond donors (Lipinski definition) is 3. The van der Waals surface area contributed by atoms with E-state index in [4.69, 9.17) is 10.2 Å². The minimum absolute atomic E-state index is 0.0162. The summed E-state index contributed by atoms with van der Waals surface area (Å²) in [5, 5.41) is 22.7. The average Bonchev–Trinajstić information content (AvgIpc) is 2.33. The van der Waals surface area contributed by atoms with Crippen LogP contribution < -0.4 is 0 Å². The van der Waals surface area contributed by atoms with E-state index in [2.05, 4.69) is 10.2 Å². The fourth-order valence-corrected chi connectivity index (χ4v) is 0.618. The van der Waals surface area contributed by atoms with E-state index in [1.807, 2.05) is 0 Å². The number of aliphatic hydroxyl groups is 1. The molecule has 0 aromatic carbocycles. The number of carbonyl (C=O) groups is 1. The molecule has 54 valence electrons. The first-order valence-electron chi connectivity index (χ1n) is 2.62. The fraction of sp³-hybridized carbons (Fsp3) is 0.200. The molecule has 1 aromatic heterocycles. The summed E-state index contributed by atoms with van der Waals surface area (Å²) in [6.45, 7) is -0.332. The summed E-state index contributed by atoms with van der Waals surface area (Å²) in [7, 11) is 0. The first-order chi connectivity index (χ1) is 4.75. The van der Waals surface area contributed by atoms with Gasteiger partial charge >= 0.3 is 5.97 Å². The van der Waals surface area contributed by atoms with E-state index in [0.29, 0.717) is 0 Å². The third kappa shape index (κ3) is 0.985. The van der Waals surface area contributed by atoms with Crippen LogP contribution in [-0.4, -0.2) is 26.4 Å². The van der Waals surface area contributed by atoms with E-state index < -0.39 is 5.97 Å². The van der Waals surface area contributed by atoms with Crippen molar-refractivity contribution in [3.05, 3.63) is 17.5 Å². The molecular weight excluding hydrogens is 136 g/mol. The zero-order chi connectivity index (χ0) is 7.56. The van der Waals surface area contributed by atoms with Crippen LogP contribution in [-0.2, 0) is 6.61 Å². The Balaban J connectivity index is 3.01. The van der Waals surface area contributed by atoms with Crippen molar-refractivity contribution in [2.45, 2.75) is 6.61 Å². The molecule has 1 heterocycles. The Morgan fingerprint density at radius 3 is 2.90 bits per heavy atom. The standard InChI is InChI=1S/C5H6N2O3/c8-2-4-3(5(9)10)1-6-7-4/h1,8H,2H2,(H,6,7)(H,9,10). The van der Waals surface area contributed by atoms with Crippen LogP contribution in [0.2, 0.25) is 0 Å². The lowest BCUT2D eigenvalue weighted by Crippen LogP contribution is -1.99. The van der Waals surface area contributed by atoms with Gasteiger partial charge < -0.3 is 10.2 Å². The van der Waals surface area contributed by atoms with Crippen LogP contribution in [0.5, 0.6) is 0 Å². The zero-order valence-electron chi connectivity index (χ0n) is 5.03. The molecule has 0 aliphatic rings. The molecule has 0 aliphatic heterocycles. The van der Waals surface area contributed by atoms with E-state index in [-0.39, 0.29) is 17.9 Å². The predicted molar refractivity (Wildman–Crippen MR) is 31.5 cm³/mol. The maximum Gasteiger partial charge on any atom is 0.339 e. The molecule has 0 radical (unpaired) electrons. The van der Waals surface area contributed by atoms with Gasteiger partial charge in [-0.25, -0.2) is 4.79 Å².